The van der Waals surface area contributed by atoms with Crippen molar-refractivity contribution in [1.29, 1.82) is 0 Å². The molecule has 0 spiro atoms. The molecule has 3 rings (SSSR count). The van der Waals surface area contributed by atoms with Crippen molar-refractivity contribution in [3.05, 3.63) is 47.5 Å². The smallest absolute Gasteiger partial charge is 0.242 e. The molecule has 1 N–H and O–H groups in total. The number of imide groups is 1. The SMILES string of the molecule is CCNC(=O)C(C)N(Cc1ccc(C)cc1)C(=O)CCN1C(=O)[C@H]2CC=CC[C@H]2C1=O. The van der Waals surface area contributed by atoms with Gasteiger partial charge in [-0.2, -0.15) is 0 Å². The van der Waals surface area contributed by atoms with Gasteiger partial charge < -0.3 is 10.2 Å². The van der Waals surface area contributed by atoms with Gasteiger partial charge in [-0.3, -0.25) is 24.1 Å². The van der Waals surface area contributed by atoms with E-state index in [0.29, 0.717) is 19.4 Å². The van der Waals surface area contributed by atoms with Crippen LogP contribution in [0.25, 0.3) is 0 Å². The molecule has 0 saturated carbocycles. The van der Waals surface area contributed by atoms with Crippen LogP contribution in [0.1, 0.15) is 44.2 Å². The lowest BCUT2D eigenvalue weighted by atomic mass is 9.85. The topological polar surface area (TPSA) is 86.8 Å². The minimum atomic E-state index is -0.662. The molecule has 1 heterocycles. The van der Waals surface area contributed by atoms with E-state index >= 15 is 0 Å². The third-order valence-corrected chi connectivity index (χ3v) is 6.14. The van der Waals surface area contributed by atoms with Crippen LogP contribution >= 0.6 is 0 Å². The summed E-state index contributed by atoms with van der Waals surface area (Å²) in [5.74, 6) is -1.46. The van der Waals surface area contributed by atoms with Crippen LogP contribution in [0.4, 0.5) is 0 Å². The number of nitrogens with one attached hydrogen (secondary N) is 1. The first kappa shape index (κ1) is 22.7. The van der Waals surface area contributed by atoms with Crippen LogP contribution in [-0.4, -0.2) is 52.6 Å². The number of likely N-dealkylation sites (N-methyl/N-ethyl adjacent to an activating group) is 1. The third-order valence-electron chi connectivity index (χ3n) is 6.14. The van der Waals surface area contributed by atoms with Crippen molar-refractivity contribution in [2.45, 2.75) is 52.6 Å². The van der Waals surface area contributed by atoms with Gasteiger partial charge in [0.25, 0.3) is 0 Å². The molecule has 3 atom stereocenters. The van der Waals surface area contributed by atoms with Crippen molar-refractivity contribution in [1.82, 2.24) is 15.1 Å². The summed E-state index contributed by atoms with van der Waals surface area (Å²) in [4.78, 5) is 53.7. The van der Waals surface area contributed by atoms with Crippen LogP contribution in [0, 0.1) is 18.8 Å². The van der Waals surface area contributed by atoms with Gasteiger partial charge in [-0.1, -0.05) is 42.0 Å². The molecule has 1 saturated heterocycles. The zero-order valence-electron chi connectivity index (χ0n) is 18.5. The van der Waals surface area contributed by atoms with Gasteiger partial charge in [0.05, 0.1) is 11.8 Å². The molecule has 4 amide bonds. The summed E-state index contributed by atoms with van der Waals surface area (Å²) in [7, 11) is 0. The maximum atomic E-state index is 13.1. The molecular weight excluding hydrogens is 394 g/mol. The highest BCUT2D eigenvalue weighted by atomic mass is 16.2. The second kappa shape index (κ2) is 9.90. The fraction of sp³-hybridized carbons (Fsp3) is 0.500. The number of likely N-dealkylation sites (tertiary alicyclic amines) is 1. The highest BCUT2D eigenvalue weighted by Crippen LogP contribution is 2.35. The number of rotatable bonds is 8. The minimum absolute atomic E-state index is 0.0000447. The molecular formula is C24H31N3O4. The highest BCUT2D eigenvalue weighted by Gasteiger charge is 2.47. The Hall–Kier alpha value is -2.96. The first-order valence-corrected chi connectivity index (χ1v) is 11.0. The van der Waals surface area contributed by atoms with E-state index in [9.17, 15) is 19.2 Å². The van der Waals surface area contributed by atoms with Gasteiger partial charge in [-0.15, -0.1) is 0 Å². The normalized spacial score (nSPS) is 21.1. The number of benzene rings is 1. The van der Waals surface area contributed by atoms with Gasteiger partial charge in [0.1, 0.15) is 6.04 Å². The number of allylic oxidation sites excluding steroid dienone is 2. The summed E-state index contributed by atoms with van der Waals surface area (Å²) in [6.45, 7) is 6.33. The van der Waals surface area contributed by atoms with Gasteiger partial charge >= 0.3 is 0 Å². The van der Waals surface area contributed by atoms with Crippen molar-refractivity contribution < 1.29 is 19.2 Å². The van der Waals surface area contributed by atoms with E-state index < -0.39 is 6.04 Å². The Morgan fingerprint density at radius 2 is 1.68 bits per heavy atom. The molecule has 1 aliphatic heterocycles. The van der Waals surface area contributed by atoms with Gasteiger partial charge in [-0.25, -0.2) is 0 Å². The predicted molar refractivity (Wildman–Crippen MR) is 117 cm³/mol. The van der Waals surface area contributed by atoms with Crippen LogP contribution in [0.2, 0.25) is 0 Å². The molecule has 1 aromatic carbocycles. The van der Waals surface area contributed by atoms with Crippen LogP contribution in [0.5, 0.6) is 0 Å². The average Bonchev–Trinajstić information content (AvgIpc) is 3.01. The lowest BCUT2D eigenvalue weighted by Gasteiger charge is -2.29. The molecule has 1 aliphatic carbocycles. The highest BCUT2D eigenvalue weighted by molar-refractivity contribution is 6.05. The Morgan fingerprint density at radius 1 is 1.10 bits per heavy atom. The van der Waals surface area contributed by atoms with Crippen LogP contribution in [0.15, 0.2) is 36.4 Å². The average molecular weight is 426 g/mol. The lowest BCUT2D eigenvalue weighted by Crippen LogP contribution is -2.48. The molecule has 0 aromatic heterocycles. The van der Waals surface area contributed by atoms with E-state index in [4.69, 9.17) is 0 Å². The number of carbonyl (C=O) groups is 4. The summed E-state index contributed by atoms with van der Waals surface area (Å²) in [6.07, 6.45) is 5.04. The Kier molecular flexibility index (Phi) is 7.25. The molecule has 0 radical (unpaired) electrons. The lowest BCUT2D eigenvalue weighted by molar-refractivity contribution is -0.143. The van der Waals surface area contributed by atoms with Crippen molar-refractivity contribution in [3.63, 3.8) is 0 Å². The molecule has 1 fully saturated rings. The van der Waals surface area contributed by atoms with Crippen molar-refractivity contribution in [2.75, 3.05) is 13.1 Å². The summed E-state index contributed by atoms with van der Waals surface area (Å²) in [5.41, 5.74) is 2.03. The third kappa shape index (κ3) is 5.03. The van der Waals surface area contributed by atoms with Crippen LogP contribution in [0.3, 0.4) is 0 Å². The maximum absolute atomic E-state index is 13.1. The number of fused-ring (bicyclic) bond motifs is 1. The van der Waals surface area contributed by atoms with Gasteiger partial charge in [0.2, 0.25) is 23.6 Å². The quantitative estimate of drug-likeness (QED) is 0.511. The molecule has 7 nitrogen and oxygen atoms in total. The van der Waals surface area contributed by atoms with Crippen LogP contribution < -0.4 is 5.32 Å². The summed E-state index contributed by atoms with van der Waals surface area (Å²) >= 11 is 0. The minimum Gasteiger partial charge on any atom is -0.355 e. The summed E-state index contributed by atoms with van der Waals surface area (Å²) in [6, 6.07) is 7.14. The largest absolute Gasteiger partial charge is 0.355 e. The number of nitrogens with zero attached hydrogens (tertiary/aromatic N) is 2. The Morgan fingerprint density at radius 3 is 2.23 bits per heavy atom. The van der Waals surface area contributed by atoms with Gasteiger partial charge in [0.15, 0.2) is 0 Å². The predicted octanol–water partition coefficient (Wildman–Crippen LogP) is 2.19. The number of aryl methyl sites for hydroxylation is 1. The second-order valence-corrected chi connectivity index (χ2v) is 8.31. The molecule has 1 aromatic rings. The number of carbonyl (C=O) groups excluding carboxylic acids is 4. The van der Waals surface area contributed by atoms with E-state index in [2.05, 4.69) is 5.32 Å². The zero-order valence-corrected chi connectivity index (χ0v) is 18.5. The number of hydrogen-bond acceptors (Lipinski definition) is 4. The fourth-order valence-corrected chi connectivity index (χ4v) is 4.24. The Balaban J connectivity index is 1.70. The molecule has 0 bridgehead atoms. The molecule has 2 aliphatic rings. The van der Waals surface area contributed by atoms with Crippen LogP contribution in [-0.2, 0) is 25.7 Å². The van der Waals surface area contributed by atoms with Crippen molar-refractivity contribution in [2.24, 2.45) is 11.8 Å². The molecule has 166 valence electrons. The van der Waals surface area contributed by atoms with Gasteiger partial charge in [-0.05, 0) is 39.2 Å². The second-order valence-electron chi connectivity index (χ2n) is 8.31. The standard InChI is InChI=1S/C24H31N3O4/c1-4-25-22(29)17(3)27(15-18-11-9-16(2)10-12-18)21(28)13-14-26-23(30)19-7-5-6-8-20(19)24(26)31/h5-6,9-12,17,19-20H,4,7-8,13-15H2,1-3H3,(H,25,29)/t17?,19-,20+. The summed E-state index contributed by atoms with van der Waals surface area (Å²) in [5, 5.41) is 2.76. The molecule has 7 heteroatoms. The van der Waals surface area contributed by atoms with Crippen molar-refractivity contribution in [3.8, 4) is 0 Å². The van der Waals surface area contributed by atoms with E-state index in [-0.39, 0.29) is 55.0 Å². The molecule has 1 unspecified atom stereocenters. The number of amides is 4. The maximum Gasteiger partial charge on any atom is 0.242 e. The zero-order chi connectivity index (χ0) is 22.5. The van der Waals surface area contributed by atoms with E-state index in [1.165, 1.54) is 9.80 Å². The Bertz CT molecular complexity index is 851. The van der Waals surface area contributed by atoms with E-state index in [0.717, 1.165) is 11.1 Å². The van der Waals surface area contributed by atoms with Gasteiger partial charge in [0, 0.05) is 26.1 Å². The first-order valence-electron chi connectivity index (χ1n) is 11.0. The van der Waals surface area contributed by atoms with Crippen molar-refractivity contribution >= 4 is 23.6 Å². The first-order chi connectivity index (χ1) is 14.8. The Labute approximate surface area is 183 Å². The molecule has 31 heavy (non-hydrogen) atoms. The van der Waals surface area contributed by atoms with E-state index in [1.807, 2.05) is 50.3 Å². The summed E-state index contributed by atoms with van der Waals surface area (Å²) < 4.78 is 0. The number of hydrogen-bond donors (Lipinski definition) is 1. The fourth-order valence-electron chi connectivity index (χ4n) is 4.24. The monoisotopic (exact) mass is 425 g/mol. The van der Waals surface area contributed by atoms with E-state index in [1.54, 1.807) is 6.92 Å².